The summed E-state index contributed by atoms with van der Waals surface area (Å²) >= 11 is 5.17. The molecule has 0 aliphatic rings. The van der Waals surface area contributed by atoms with Gasteiger partial charge in [-0.3, -0.25) is 0 Å². The van der Waals surface area contributed by atoms with Crippen molar-refractivity contribution in [3.8, 4) is 5.75 Å². The van der Waals surface area contributed by atoms with E-state index in [0.717, 1.165) is 3.57 Å². The Kier molecular flexibility index (Phi) is 3.12. The lowest BCUT2D eigenvalue weighted by Gasteiger charge is -2.05. The molecule has 0 bridgehead atoms. The number of halogens is 3. The van der Waals surface area contributed by atoms with Crippen molar-refractivity contribution >= 4 is 38.5 Å². The zero-order chi connectivity index (χ0) is 8.43. The van der Waals surface area contributed by atoms with Crippen molar-refractivity contribution in [1.82, 2.24) is 0 Å². The van der Waals surface area contributed by atoms with Crippen LogP contribution >= 0.6 is 38.5 Å². The highest BCUT2D eigenvalue weighted by molar-refractivity contribution is 14.1. The maximum absolute atomic E-state index is 12.8. The highest BCUT2D eigenvalue weighted by Gasteiger charge is 2.08. The number of hydrogen-bond acceptors (Lipinski definition) is 1. The van der Waals surface area contributed by atoms with E-state index in [4.69, 9.17) is 4.74 Å². The van der Waals surface area contributed by atoms with E-state index in [1.165, 1.54) is 13.2 Å². The molecule has 0 atom stereocenters. The van der Waals surface area contributed by atoms with Gasteiger partial charge in [-0.15, -0.1) is 0 Å². The van der Waals surface area contributed by atoms with E-state index >= 15 is 0 Å². The third-order valence-electron chi connectivity index (χ3n) is 1.21. The zero-order valence-corrected chi connectivity index (χ0v) is 9.44. The molecule has 0 radical (unpaired) electrons. The van der Waals surface area contributed by atoms with Crippen LogP contribution < -0.4 is 4.74 Å². The van der Waals surface area contributed by atoms with Gasteiger partial charge < -0.3 is 4.74 Å². The SMILES string of the molecule is COc1c(I)ccc(F)c1Br. The Balaban J connectivity index is 3.29. The van der Waals surface area contributed by atoms with Gasteiger partial charge >= 0.3 is 0 Å². The van der Waals surface area contributed by atoms with E-state index < -0.39 is 0 Å². The van der Waals surface area contributed by atoms with Crippen molar-refractivity contribution in [3.05, 3.63) is 26.0 Å². The van der Waals surface area contributed by atoms with Crippen molar-refractivity contribution in [2.45, 2.75) is 0 Å². The van der Waals surface area contributed by atoms with Crippen LogP contribution in [0, 0.1) is 9.39 Å². The first-order chi connectivity index (χ1) is 5.16. The molecule has 1 aromatic rings. The molecule has 0 aromatic heterocycles. The van der Waals surface area contributed by atoms with Crippen LogP contribution in [0.3, 0.4) is 0 Å². The molecule has 60 valence electrons. The van der Waals surface area contributed by atoms with Crippen molar-refractivity contribution in [2.24, 2.45) is 0 Å². The van der Waals surface area contributed by atoms with Gasteiger partial charge in [0.25, 0.3) is 0 Å². The number of ether oxygens (including phenoxy) is 1. The van der Waals surface area contributed by atoms with E-state index in [1.807, 2.05) is 0 Å². The summed E-state index contributed by atoms with van der Waals surface area (Å²) in [6, 6.07) is 3.06. The van der Waals surface area contributed by atoms with Crippen LogP contribution in [0.1, 0.15) is 0 Å². The highest BCUT2D eigenvalue weighted by Crippen LogP contribution is 2.31. The first-order valence-corrected chi connectivity index (χ1v) is 4.71. The minimum Gasteiger partial charge on any atom is -0.494 e. The number of benzene rings is 1. The van der Waals surface area contributed by atoms with Crippen molar-refractivity contribution < 1.29 is 9.13 Å². The van der Waals surface area contributed by atoms with Crippen LogP contribution in [-0.2, 0) is 0 Å². The van der Waals surface area contributed by atoms with Crippen molar-refractivity contribution in [2.75, 3.05) is 7.11 Å². The topological polar surface area (TPSA) is 9.23 Å². The summed E-state index contributed by atoms with van der Waals surface area (Å²) in [6.45, 7) is 0. The Hall–Kier alpha value is 0.160. The Labute approximate surface area is 86.2 Å². The summed E-state index contributed by atoms with van der Waals surface area (Å²) in [5.41, 5.74) is 0. The third-order valence-corrected chi connectivity index (χ3v) is 2.79. The van der Waals surface area contributed by atoms with Crippen LogP contribution in [0.4, 0.5) is 4.39 Å². The van der Waals surface area contributed by atoms with Crippen LogP contribution in [0.5, 0.6) is 5.75 Å². The summed E-state index contributed by atoms with van der Waals surface area (Å²) in [5, 5.41) is 0. The molecule has 1 aromatic carbocycles. The molecule has 4 heteroatoms. The average molecular weight is 331 g/mol. The van der Waals surface area contributed by atoms with E-state index in [-0.39, 0.29) is 5.82 Å². The summed E-state index contributed by atoms with van der Waals surface area (Å²) < 4.78 is 19.0. The van der Waals surface area contributed by atoms with Crippen molar-refractivity contribution in [1.29, 1.82) is 0 Å². The summed E-state index contributed by atoms with van der Waals surface area (Å²) in [7, 11) is 1.52. The van der Waals surface area contributed by atoms with Crippen LogP contribution in [0.25, 0.3) is 0 Å². The second-order valence-corrected chi connectivity index (χ2v) is 3.83. The molecule has 11 heavy (non-hydrogen) atoms. The minimum atomic E-state index is -0.303. The minimum absolute atomic E-state index is 0.303. The van der Waals surface area contributed by atoms with E-state index in [0.29, 0.717) is 10.2 Å². The van der Waals surface area contributed by atoms with Crippen LogP contribution in [0.2, 0.25) is 0 Å². The molecule has 0 saturated carbocycles. The molecule has 0 saturated heterocycles. The lowest BCUT2D eigenvalue weighted by Crippen LogP contribution is -1.90. The molecule has 0 aliphatic carbocycles. The van der Waals surface area contributed by atoms with Gasteiger partial charge in [0.1, 0.15) is 11.6 Å². The summed E-state index contributed by atoms with van der Waals surface area (Å²) in [6.07, 6.45) is 0. The molecular weight excluding hydrogens is 326 g/mol. The van der Waals surface area contributed by atoms with Crippen molar-refractivity contribution in [3.63, 3.8) is 0 Å². The summed E-state index contributed by atoms with van der Waals surface area (Å²) in [5.74, 6) is 0.243. The zero-order valence-electron chi connectivity index (χ0n) is 5.70. The highest BCUT2D eigenvalue weighted by atomic mass is 127. The predicted molar refractivity (Wildman–Crippen MR) is 53.4 cm³/mol. The molecule has 0 spiro atoms. The lowest BCUT2D eigenvalue weighted by molar-refractivity contribution is 0.404. The monoisotopic (exact) mass is 330 g/mol. The van der Waals surface area contributed by atoms with Gasteiger partial charge in [0.15, 0.2) is 0 Å². The molecule has 1 nitrogen and oxygen atoms in total. The van der Waals surface area contributed by atoms with E-state index in [2.05, 4.69) is 38.5 Å². The number of rotatable bonds is 1. The molecule has 0 amide bonds. The molecule has 0 aliphatic heterocycles. The number of methoxy groups -OCH3 is 1. The normalized spacial score (nSPS) is 9.82. The molecule has 0 heterocycles. The molecule has 0 fully saturated rings. The first kappa shape index (κ1) is 9.25. The predicted octanol–water partition coefficient (Wildman–Crippen LogP) is 3.20. The Bertz CT molecular complexity index is 277. The van der Waals surface area contributed by atoms with E-state index in [9.17, 15) is 4.39 Å². The standard InChI is InChI=1S/C7H5BrFIO/c1-11-7-5(10)3-2-4(9)6(7)8/h2-3H,1H3. The van der Waals surface area contributed by atoms with Gasteiger partial charge in [0.2, 0.25) is 0 Å². The second kappa shape index (κ2) is 3.71. The smallest absolute Gasteiger partial charge is 0.149 e. The largest absolute Gasteiger partial charge is 0.494 e. The van der Waals surface area contributed by atoms with Gasteiger partial charge in [-0.25, -0.2) is 4.39 Å². The molecule has 0 N–H and O–H groups in total. The maximum Gasteiger partial charge on any atom is 0.149 e. The van der Waals surface area contributed by atoms with Gasteiger partial charge in [-0.05, 0) is 50.7 Å². The lowest BCUT2D eigenvalue weighted by atomic mass is 10.3. The second-order valence-electron chi connectivity index (χ2n) is 1.88. The van der Waals surface area contributed by atoms with Gasteiger partial charge in [0.05, 0.1) is 15.2 Å². The Morgan fingerprint density at radius 1 is 1.55 bits per heavy atom. The quantitative estimate of drug-likeness (QED) is 0.567. The Morgan fingerprint density at radius 2 is 2.18 bits per heavy atom. The third kappa shape index (κ3) is 1.84. The first-order valence-electron chi connectivity index (χ1n) is 2.84. The van der Waals surface area contributed by atoms with Gasteiger partial charge in [0, 0.05) is 0 Å². The fourth-order valence-electron chi connectivity index (χ4n) is 0.696. The van der Waals surface area contributed by atoms with E-state index in [1.54, 1.807) is 6.07 Å². The van der Waals surface area contributed by atoms with Gasteiger partial charge in [-0.1, -0.05) is 0 Å². The van der Waals surface area contributed by atoms with Crippen LogP contribution in [-0.4, -0.2) is 7.11 Å². The average Bonchev–Trinajstić information content (AvgIpc) is 1.99. The van der Waals surface area contributed by atoms with Crippen LogP contribution in [0.15, 0.2) is 16.6 Å². The molecule has 1 rings (SSSR count). The van der Waals surface area contributed by atoms with Gasteiger partial charge in [-0.2, -0.15) is 0 Å². The fourth-order valence-corrected chi connectivity index (χ4v) is 2.24. The summed E-state index contributed by atoms with van der Waals surface area (Å²) in [4.78, 5) is 0. The molecular formula is C7H5BrFIO. The maximum atomic E-state index is 12.8. The fraction of sp³-hybridized carbons (Fsp3) is 0.143. The molecule has 0 unspecified atom stereocenters. The number of hydrogen-bond donors (Lipinski definition) is 0. The Morgan fingerprint density at radius 3 is 2.64 bits per heavy atom.